The molecule has 0 aliphatic carbocycles. The van der Waals surface area contributed by atoms with Gasteiger partial charge in [0.1, 0.15) is 0 Å². The molecule has 0 aromatic heterocycles. The van der Waals surface area contributed by atoms with E-state index in [9.17, 15) is 14.7 Å². The number of aliphatic hydroxyl groups excluding tert-OH is 1. The number of benzene rings is 2. The SMILES string of the molecule is O=C1CCc2cc(C(=O)N(CCO)Cc3ccccc3)ccc2N1. The van der Waals surface area contributed by atoms with Gasteiger partial charge in [-0.15, -0.1) is 0 Å². The van der Waals surface area contributed by atoms with Crippen LogP contribution in [0, 0.1) is 0 Å². The third kappa shape index (κ3) is 3.63. The first-order valence-electron chi connectivity index (χ1n) is 8.04. The first-order valence-corrected chi connectivity index (χ1v) is 8.04. The minimum atomic E-state index is -0.118. The maximum absolute atomic E-state index is 12.8. The van der Waals surface area contributed by atoms with Crippen molar-refractivity contribution in [2.45, 2.75) is 19.4 Å². The van der Waals surface area contributed by atoms with Crippen molar-refractivity contribution in [1.82, 2.24) is 4.90 Å². The highest BCUT2D eigenvalue weighted by Gasteiger charge is 2.20. The van der Waals surface area contributed by atoms with Gasteiger partial charge in [-0.25, -0.2) is 0 Å². The first-order chi connectivity index (χ1) is 11.7. The van der Waals surface area contributed by atoms with E-state index in [0.29, 0.717) is 24.9 Å². The Hall–Kier alpha value is -2.66. The normalized spacial score (nSPS) is 13.1. The van der Waals surface area contributed by atoms with Crippen LogP contribution in [0.15, 0.2) is 48.5 Å². The molecule has 0 spiro atoms. The molecule has 124 valence electrons. The van der Waals surface area contributed by atoms with Crippen LogP contribution in [0.5, 0.6) is 0 Å². The monoisotopic (exact) mass is 324 g/mol. The first kappa shape index (κ1) is 16.2. The van der Waals surface area contributed by atoms with Crippen molar-refractivity contribution in [3.63, 3.8) is 0 Å². The summed E-state index contributed by atoms with van der Waals surface area (Å²) in [7, 11) is 0. The molecule has 0 unspecified atom stereocenters. The molecular weight excluding hydrogens is 304 g/mol. The van der Waals surface area contributed by atoms with E-state index in [1.807, 2.05) is 36.4 Å². The quantitative estimate of drug-likeness (QED) is 0.886. The number of fused-ring (bicyclic) bond motifs is 1. The molecule has 0 fully saturated rings. The van der Waals surface area contributed by atoms with Crippen LogP contribution in [0.1, 0.15) is 27.9 Å². The van der Waals surface area contributed by atoms with Crippen LogP contribution in [0.3, 0.4) is 0 Å². The standard InChI is InChI=1S/C19H20N2O3/c22-11-10-21(13-14-4-2-1-3-5-14)19(24)16-6-8-17-15(12-16)7-9-18(23)20-17/h1-6,8,12,22H,7,9-11,13H2,(H,20,23). The van der Waals surface area contributed by atoms with Gasteiger partial charge in [0, 0.05) is 30.8 Å². The van der Waals surface area contributed by atoms with Gasteiger partial charge < -0.3 is 15.3 Å². The topological polar surface area (TPSA) is 69.6 Å². The Morgan fingerprint density at radius 3 is 2.67 bits per heavy atom. The van der Waals surface area contributed by atoms with Crippen LogP contribution in [-0.2, 0) is 17.8 Å². The highest BCUT2D eigenvalue weighted by molar-refractivity contribution is 5.98. The number of aliphatic hydroxyl groups is 1. The number of aryl methyl sites for hydroxylation is 1. The summed E-state index contributed by atoms with van der Waals surface area (Å²) in [6.07, 6.45) is 1.08. The fourth-order valence-corrected chi connectivity index (χ4v) is 2.88. The van der Waals surface area contributed by atoms with E-state index in [4.69, 9.17) is 0 Å². The molecule has 0 radical (unpaired) electrons. The lowest BCUT2D eigenvalue weighted by atomic mass is 10.00. The number of hydrogen-bond donors (Lipinski definition) is 2. The van der Waals surface area contributed by atoms with Crippen molar-refractivity contribution in [3.8, 4) is 0 Å². The van der Waals surface area contributed by atoms with E-state index in [-0.39, 0.29) is 25.0 Å². The van der Waals surface area contributed by atoms with Gasteiger partial charge in [0.25, 0.3) is 5.91 Å². The Labute approximate surface area is 140 Å². The molecule has 1 aliphatic rings. The molecular formula is C19H20N2O3. The molecule has 2 N–H and O–H groups in total. The predicted molar refractivity (Wildman–Crippen MR) is 91.7 cm³/mol. The Kier molecular flexibility index (Phi) is 4.91. The van der Waals surface area contributed by atoms with Crippen LogP contribution in [0.25, 0.3) is 0 Å². The van der Waals surface area contributed by atoms with Crippen molar-refractivity contribution < 1.29 is 14.7 Å². The van der Waals surface area contributed by atoms with E-state index in [1.165, 1.54) is 0 Å². The van der Waals surface area contributed by atoms with E-state index in [0.717, 1.165) is 16.8 Å². The van der Waals surface area contributed by atoms with Gasteiger partial charge in [-0.1, -0.05) is 30.3 Å². The Morgan fingerprint density at radius 2 is 1.92 bits per heavy atom. The second kappa shape index (κ2) is 7.27. The number of hydrogen-bond acceptors (Lipinski definition) is 3. The van der Waals surface area contributed by atoms with Crippen molar-refractivity contribution in [1.29, 1.82) is 0 Å². The zero-order valence-electron chi connectivity index (χ0n) is 13.4. The van der Waals surface area contributed by atoms with Crippen molar-refractivity contribution in [2.75, 3.05) is 18.5 Å². The number of rotatable bonds is 5. The molecule has 1 aliphatic heterocycles. The lowest BCUT2D eigenvalue weighted by molar-refractivity contribution is -0.116. The summed E-state index contributed by atoms with van der Waals surface area (Å²) in [6.45, 7) is 0.648. The molecule has 1 heterocycles. The van der Waals surface area contributed by atoms with E-state index in [2.05, 4.69) is 5.32 Å². The number of nitrogens with zero attached hydrogens (tertiary/aromatic N) is 1. The Bertz CT molecular complexity index is 744. The third-order valence-corrected chi connectivity index (χ3v) is 4.12. The van der Waals surface area contributed by atoms with Gasteiger partial charge >= 0.3 is 0 Å². The smallest absolute Gasteiger partial charge is 0.254 e. The minimum Gasteiger partial charge on any atom is -0.395 e. The van der Waals surface area contributed by atoms with E-state index < -0.39 is 0 Å². The zero-order valence-corrected chi connectivity index (χ0v) is 13.4. The summed E-state index contributed by atoms with van der Waals surface area (Å²) in [5.41, 5.74) is 3.35. The molecule has 0 saturated heterocycles. The second-order valence-corrected chi connectivity index (χ2v) is 5.86. The van der Waals surface area contributed by atoms with Gasteiger partial charge in [0.2, 0.25) is 5.91 Å². The maximum Gasteiger partial charge on any atom is 0.254 e. The largest absolute Gasteiger partial charge is 0.395 e. The molecule has 0 atom stereocenters. The molecule has 2 aromatic carbocycles. The summed E-state index contributed by atoms with van der Waals surface area (Å²) in [5.74, 6) is -0.111. The highest BCUT2D eigenvalue weighted by atomic mass is 16.3. The highest BCUT2D eigenvalue weighted by Crippen LogP contribution is 2.24. The molecule has 24 heavy (non-hydrogen) atoms. The zero-order chi connectivity index (χ0) is 16.9. The Morgan fingerprint density at radius 1 is 1.12 bits per heavy atom. The van der Waals surface area contributed by atoms with Gasteiger partial charge in [-0.3, -0.25) is 9.59 Å². The number of carbonyl (C=O) groups is 2. The maximum atomic E-state index is 12.8. The molecule has 3 rings (SSSR count). The summed E-state index contributed by atoms with van der Waals surface area (Å²) < 4.78 is 0. The van der Waals surface area contributed by atoms with E-state index in [1.54, 1.807) is 17.0 Å². The fourth-order valence-electron chi connectivity index (χ4n) is 2.88. The lowest BCUT2D eigenvalue weighted by Gasteiger charge is -2.23. The number of anilines is 1. The average molecular weight is 324 g/mol. The second-order valence-electron chi connectivity index (χ2n) is 5.86. The molecule has 0 saturated carbocycles. The average Bonchev–Trinajstić information content (AvgIpc) is 2.61. The fraction of sp³-hybridized carbons (Fsp3) is 0.263. The van der Waals surface area contributed by atoms with Crippen LogP contribution < -0.4 is 5.32 Å². The molecule has 0 bridgehead atoms. The number of nitrogens with one attached hydrogen (secondary N) is 1. The lowest BCUT2D eigenvalue weighted by Crippen LogP contribution is -2.33. The van der Waals surface area contributed by atoms with Gasteiger partial charge in [0.15, 0.2) is 0 Å². The van der Waals surface area contributed by atoms with Crippen molar-refractivity contribution in [2.24, 2.45) is 0 Å². The summed E-state index contributed by atoms with van der Waals surface area (Å²) in [6, 6.07) is 15.0. The molecule has 2 amide bonds. The third-order valence-electron chi connectivity index (χ3n) is 4.12. The van der Waals surface area contributed by atoms with Crippen LogP contribution in [0.2, 0.25) is 0 Å². The van der Waals surface area contributed by atoms with Crippen LogP contribution in [-0.4, -0.2) is 35.0 Å². The minimum absolute atomic E-state index is 0.00700. The predicted octanol–water partition coefficient (Wildman–Crippen LogP) is 2.21. The summed E-state index contributed by atoms with van der Waals surface area (Å²) >= 11 is 0. The summed E-state index contributed by atoms with van der Waals surface area (Å²) in [4.78, 5) is 25.9. The van der Waals surface area contributed by atoms with Gasteiger partial charge in [-0.2, -0.15) is 0 Å². The van der Waals surface area contributed by atoms with E-state index >= 15 is 0 Å². The number of amides is 2. The van der Waals surface area contributed by atoms with Gasteiger partial charge in [0.05, 0.1) is 6.61 Å². The molecule has 5 heteroatoms. The number of carbonyl (C=O) groups excluding carboxylic acids is 2. The van der Waals surface area contributed by atoms with Crippen molar-refractivity contribution >= 4 is 17.5 Å². The van der Waals surface area contributed by atoms with Crippen LogP contribution in [0.4, 0.5) is 5.69 Å². The molecule has 2 aromatic rings. The van der Waals surface area contributed by atoms with Crippen LogP contribution >= 0.6 is 0 Å². The Balaban J connectivity index is 1.81. The van der Waals surface area contributed by atoms with Gasteiger partial charge in [-0.05, 0) is 35.7 Å². The van der Waals surface area contributed by atoms with Crippen molar-refractivity contribution in [3.05, 3.63) is 65.2 Å². The summed E-state index contributed by atoms with van der Waals surface area (Å²) in [5, 5.41) is 12.1. The molecule has 5 nitrogen and oxygen atoms in total.